The number of anilines is 1. The summed E-state index contributed by atoms with van der Waals surface area (Å²) in [6.45, 7) is 1.87. The SMILES string of the molecule is CCC(N)Cc1c(Cl)cccc1N(C)CCC(F)(F)F. The van der Waals surface area contributed by atoms with Crippen molar-refractivity contribution in [2.75, 3.05) is 18.5 Å². The second kappa shape index (κ2) is 7.18. The van der Waals surface area contributed by atoms with Crippen molar-refractivity contribution in [2.24, 2.45) is 5.73 Å². The molecule has 0 amide bonds. The molecule has 2 N–H and O–H groups in total. The molecular weight excluding hydrogens is 289 g/mol. The van der Waals surface area contributed by atoms with Gasteiger partial charge in [-0.05, 0) is 30.5 Å². The molecule has 0 aromatic heterocycles. The van der Waals surface area contributed by atoms with Crippen LogP contribution in [0.3, 0.4) is 0 Å². The molecule has 0 spiro atoms. The van der Waals surface area contributed by atoms with Crippen LogP contribution in [0, 0.1) is 0 Å². The van der Waals surface area contributed by atoms with Gasteiger partial charge in [0.15, 0.2) is 0 Å². The average Bonchev–Trinajstić information content (AvgIpc) is 2.37. The summed E-state index contributed by atoms with van der Waals surface area (Å²) < 4.78 is 36.9. The standard InChI is InChI=1S/C14H20ClF3N2/c1-3-10(19)9-11-12(15)5-4-6-13(11)20(2)8-7-14(16,17)18/h4-6,10H,3,7-9,19H2,1-2H3. The fourth-order valence-electron chi connectivity index (χ4n) is 1.93. The molecule has 1 aromatic carbocycles. The molecule has 0 aliphatic heterocycles. The maximum absolute atomic E-state index is 12.3. The molecule has 0 fully saturated rings. The Morgan fingerprint density at radius 3 is 2.55 bits per heavy atom. The minimum Gasteiger partial charge on any atom is -0.374 e. The third kappa shape index (κ3) is 5.21. The van der Waals surface area contributed by atoms with Gasteiger partial charge in [0.2, 0.25) is 0 Å². The number of halogens is 4. The third-order valence-corrected chi connectivity index (χ3v) is 3.58. The largest absolute Gasteiger partial charge is 0.390 e. The number of alkyl halides is 3. The Balaban J connectivity index is 2.90. The third-order valence-electron chi connectivity index (χ3n) is 3.23. The van der Waals surface area contributed by atoms with E-state index in [4.69, 9.17) is 17.3 Å². The highest BCUT2D eigenvalue weighted by Crippen LogP contribution is 2.29. The van der Waals surface area contributed by atoms with Crippen molar-refractivity contribution in [2.45, 2.75) is 38.4 Å². The summed E-state index contributed by atoms with van der Waals surface area (Å²) in [6, 6.07) is 5.20. The molecule has 0 saturated carbocycles. The molecule has 0 aliphatic carbocycles. The first-order valence-electron chi connectivity index (χ1n) is 6.55. The minimum atomic E-state index is -4.16. The van der Waals surface area contributed by atoms with E-state index in [-0.39, 0.29) is 12.6 Å². The molecule has 0 saturated heterocycles. The molecule has 0 bridgehead atoms. The Kier molecular flexibility index (Phi) is 6.14. The second-order valence-electron chi connectivity index (χ2n) is 4.90. The fraction of sp³-hybridized carbons (Fsp3) is 0.571. The molecule has 1 atom stereocenters. The number of hydrogen-bond acceptors (Lipinski definition) is 2. The molecule has 20 heavy (non-hydrogen) atoms. The summed E-state index contributed by atoms with van der Waals surface area (Å²) >= 11 is 6.16. The van der Waals surface area contributed by atoms with Crippen molar-refractivity contribution >= 4 is 17.3 Å². The zero-order chi connectivity index (χ0) is 15.3. The van der Waals surface area contributed by atoms with Crippen LogP contribution in [0.25, 0.3) is 0 Å². The summed E-state index contributed by atoms with van der Waals surface area (Å²) in [4.78, 5) is 1.58. The Hall–Kier alpha value is -0.940. The van der Waals surface area contributed by atoms with Crippen LogP contribution in [-0.2, 0) is 6.42 Å². The predicted octanol–water partition coefficient (Wildman–Crippen LogP) is 4.01. The predicted molar refractivity (Wildman–Crippen MR) is 77.4 cm³/mol. The summed E-state index contributed by atoms with van der Waals surface area (Å²) in [5.74, 6) is 0. The lowest BCUT2D eigenvalue weighted by atomic mass is 10.0. The van der Waals surface area contributed by atoms with Gasteiger partial charge in [-0.1, -0.05) is 24.6 Å². The van der Waals surface area contributed by atoms with Crippen LogP contribution in [-0.4, -0.2) is 25.8 Å². The van der Waals surface area contributed by atoms with E-state index >= 15 is 0 Å². The van der Waals surface area contributed by atoms with Gasteiger partial charge in [-0.25, -0.2) is 0 Å². The highest BCUT2D eigenvalue weighted by atomic mass is 35.5. The lowest BCUT2D eigenvalue weighted by Gasteiger charge is -2.25. The molecule has 1 unspecified atom stereocenters. The van der Waals surface area contributed by atoms with E-state index < -0.39 is 12.6 Å². The van der Waals surface area contributed by atoms with Gasteiger partial charge in [0.25, 0.3) is 0 Å². The van der Waals surface area contributed by atoms with E-state index in [1.807, 2.05) is 6.92 Å². The number of nitrogens with two attached hydrogens (primary N) is 1. The monoisotopic (exact) mass is 308 g/mol. The van der Waals surface area contributed by atoms with Crippen molar-refractivity contribution in [3.05, 3.63) is 28.8 Å². The molecular formula is C14H20ClF3N2. The molecule has 6 heteroatoms. The summed E-state index contributed by atoms with van der Waals surface area (Å²) in [7, 11) is 1.64. The maximum Gasteiger partial charge on any atom is 0.390 e. The quantitative estimate of drug-likeness (QED) is 0.860. The number of hydrogen-bond donors (Lipinski definition) is 1. The normalized spacial score (nSPS) is 13.3. The van der Waals surface area contributed by atoms with Crippen LogP contribution >= 0.6 is 11.6 Å². The van der Waals surface area contributed by atoms with Gasteiger partial charge in [0, 0.05) is 30.3 Å². The van der Waals surface area contributed by atoms with Crippen molar-refractivity contribution in [1.82, 2.24) is 0 Å². The zero-order valence-electron chi connectivity index (χ0n) is 11.7. The molecule has 114 valence electrons. The Labute approximate surface area is 122 Å². The number of rotatable bonds is 6. The van der Waals surface area contributed by atoms with Crippen LogP contribution in [0.4, 0.5) is 18.9 Å². The van der Waals surface area contributed by atoms with Gasteiger partial charge in [-0.2, -0.15) is 13.2 Å². The molecule has 0 radical (unpaired) electrons. The van der Waals surface area contributed by atoms with E-state index in [0.29, 0.717) is 17.1 Å². The molecule has 0 heterocycles. The summed E-state index contributed by atoms with van der Waals surface area (Å²) in [6.07, 6.45) is -3.67. The molecule has 1 rings (SSSR count). The minimum absolute atomic E-state index is 0.0512. The number of nitrogens with zero attached hydrogens (tertiary/aromatic N) is 1. The van der Waals surface area contributed by atoms with Gasteiger partial charge >= 0.3 is 6.18 Å². The van der Waals surface area contributed by atoms with E-state index in [1.165, 1.54) is 0 Å². The molecule has 1 aromatic rings. The van der Waals surface area contributed by atoms with Gasteiger partial charge in [-0.15, -0.1) is 0 Å². The Morgan fingerprint density at radius 1 is 1.35 bits per heavy atom. The Bertz CT molecular complexity index is 435. The van der Waals surface area contributed by atoms with Gasteiger partial charge in [0.05, 0.1) is 6.42 Å². The van der Waals surface area contributed by atoms with E-state index in [1.54, 1.807) is 30.1 Å². The van der Waals surface area contributed by atoms with E-state index in [0.717, 1.165) is 12.0 Å². The van der Waals surface area contributed by atoms with Crippen molar-refractivity contribution in [1.29, 1.82) is 0 Å². The maximum atomic E-state index is 12.3. The first kappa shape index (κ1) is 17.1. The number of benzene rings is 1. The summed E-state index contributed by atoms with van der Waals surface area (Å²) in [5, 5.41) is 0.547. The summed E-state index contributed by atoms with van der Waals surface area (Å²) in [5.41, 5.74) is 7.46. The van der Waals surface area contributed by atoms with Crippen LogP contribution in [0.1, 0.15) is 25.3 Å². The van der Waals surface area contributed by atoms with Gasteiger partial charge < -0.3 is 10.6 Å². The zero-order valence-corrected chi connectivity index (χ0v) is 12.4. The highest BCUT2D eigenvalue weighted by molar-refractivity contribution is 6.31. The second-order valence-corrected chi connectivity index (χ2v) is 5.30. The first-order chi connectivity index (χ1) is 9.24. The van der Waals surface area contributed by atoms with Crippen molar-refractivity contribution < 1.29 is 13.2 Å². The molecule has 0 aliphatic rings. The topological polar surface area (TPSA) is 29.3 Å². The Morgan fingerprint density at radius 2 is 2.00 bits per heavy atom. The highest BCUT2D eigenvalue weighted by Gasteiger charge is 2.27. The van der Waals surface area contributed by atoms with Crippen LogP contribution in [0.2, 0.25) is 5.02 Å². The van der Waals surface area contributed by atoms with Crippen LogP contribution < -0.4 is 10.6 Å². The average molecular weight is 309 g/mol. The van der Waals surface area contributed by atoms with E-state index in [2.05, 4.69) is 0 Å². The smallest absolute Gasteiger partial charge is 0.374 e. The molecule has 2 nitrogen and oxygen atoms in total. The van der Waals surface area contributed by atoms with E-state index in [9.17, 15) is 13.2 Å². The van der Waals surface area contributed by atoms with Crippen molar-refractivity contribution in [3.8, 4) is 0 Å². The van der Waals surface area contributed by atoms with Crippen LogP contribution in [0.5, 0.6) is 0 Å². The first-order valence-corrected chi connectivity index (χ1v) is 6.93. The van der Waals surface area contributed by atoms with Crippen molar-refractivity contribution in [3.63, 3.8) is 0 Å². The van der Waals surface area contributed by atoms with Gasteiger partial charge in [0.1, 0.15) is 0 Å². The lowest BCUT2D eigenvalue weighted by molar-refractivity contribution is -0.132. The van der Waals surface area contributed by atoms with Gasteiger partial charge in [-0.3, -0.25) is 0 Å². The fourth-order valence-corrected chi connectivity index (χ4v) is 2.18. The lowest BCUT2D eigenvalue weighted by Crippen LogP contribution is -2.27. The van der Waals surface area contributed by atoms with Crippen LogP contribution in [0.15, 0.2) is 18.2 Å².